The lowest BCUT2D eigenvalue weighted by Gasteiger charge is -2.56. The van der Waals surface area contributed by atoms with Crippen molar-refractivity contribution in [2.24, 2.45) is 5.92 Å². The Morgan fingerprint density at radius 1 is 0.931 bits per heavy atom. The fourth-order valence-electron chi connectivity index (χ4n) is 5.49. The molecule has 0 amide bonds. The Hall–Kier alpha value is -1.88. The van der Waals surface area contributed by atoms with E-state index < -0.39 is 25.9 Å². The van der Waals surface area contributed by atoms with Gasteiger partial charge in [0, 0.05) is 0 Å². The Bertz CT molecular complexity index is 668. The summed E-state index contributed by atoms with van der Waals surface area (Å²) in [4.78, 5) is 24.4. The normalized spacial score (nSPS) is 13.7. The Kier molecular flexibility index (Phi) is 8.45. The number of hydrogen-bond acceptors (Lipinski definition) is 4. The van der Waals surface area contributed by atoms with E-state index in [-0.39, 0.29) is 15.6 Å². The first-order valence-electron chi connectivity index (χ1n) is 10.2. The molecule has 29 heavy (non-hydrogen) atoms. The van der Waals surface area contributed by atoms with Crippen LogP contribution in [0.1, 0.15) is 54.4 Å². The van der Waals surface area contributed by atoms with Gasteiger partial charge in [0.15, 0.2) is 5.92 Å². The highest BCUT2D eigenvalue weighted by Crippen LogP contribution is 2.58. The second-order valence-corrected chi connectivity index (χ2v) is 15.6. The Balaban J connectivity index is 3.52. The maximum absolute atomic E-state index is 12.2. The second-order valence-electron chi connectivity index (χ2n) is 9.69. The topological polar surface area (TPSA) is 52.6 Å². The Morgan fingerprint density at radius 3 is 1.72 bits per heavy atom. The van der Waals surface area contributed by atoms with Crippen LogP contribution >= 0.6 is 0 Å². The smallest absolute Gasteiger partial charge is 0.320 e. The molecule has 0 saturated carbocycles. The van der Waals surface area contributed by atoms with Crippen molar-refractivity contribution in [3.8, 4) is 0 Å². The molecule has 0 fully saturated rings. The van der Waals surface area contributed by atoms with Gasteiger partial charge in [-0.2, -0.15) is 0 Å². The van der Waals surface area contributed by atoms with Crippen LogP contribution in [0, 0.1) is 5.92 Å². The monoisotopic (exact) mass is 418 g/mol. The van der Waals surface area contributed by atoms with E-state index in [4.69, 9.17) is 9.47 Å². The van der Waals surface area contributed by atoms with E-state index in [0.717, 1.165) is 0 Å². The Labute approximate surface area is 177 Å². The maximum Gasteiger partial charge on any atom is 0.320 e. The van der Waals surface area contributed by atoms with Crippen LogP contribution in [0.4, 0.5) is 0 Å². The van der Waals surface area contributed by atoms with Gasteiger partial charge in [-0.1, -0.05) is 83.1 Å². The molecule has 0 saturated heterocycles. The molecule has 162 valence electrons. The molecule has 0 aromatic heterocycles. The number of rotatable bonds is 8. The maximum atomic E-state index is 12.2. The third kappa shape index (κ3) is 5.00. The number of benzene rings is 1. The van der Waals surface area contributed by atoms with Crippen molar-refractivity contribution in [3.63, 3.8) is 0 Å². The molecule has 5 heteroatoms. The molecule has 0 bridgehead atoms. The van der Waals surface area contributed by atoms with Crippen LogP contribution < -0.4 is 5.19 Å². The molecule has 1 rings (SSSR count). The molecule has 1 unspecified atom stereocenters. The highest BCUT2D eigenvalue weighted by atomic mass is 28.3. The van der Waals surface area contributed by atoms with Gasteiger partial charge in [0.25, 0.3) is 0 Å². The van der Waals surface area contributed by atoms with Crippen molar-refractivity contribution < 1.29 is 19.1 Å². The summed E-state index contributed by atoms with van der Waals surface area (Å²) in [7, 11) is 0.321. The predicted octanol–water partition coefficient (Wildman–Crippen LogP) is 5.24. The zero-order valence-electron chi connectivity index (χ0n) is 19.4. The first-order chi connectivity index (χ1) is 13.4. The van der Waals surface area contributed by atoms with Crippen LogP contribution in [0.15, 0.2) is 43.0 Å². The van der Waals surface area contributed by atoms with Gasteiger partial charge in [-0.25, -0.2) is 0 Å². The van der Waals surface area contributed by atoms with Crippen molar-refractivity contribution in [3.05, 3.63) is 43.0 Å². The van der Waals surface area contributed by atoms with E-state index in [0.29, 0.717) is 12.8 Å². The summed E-state index contributed by atoms with van der Waals surface area (Å²) < 4.78 is 9.70. The summed E-state index contributed by atoms with van der Waals surface area (Å²) in [5.41, 5.74) is 0.168. The van der Waals surface area contributed by atoms with Crippen molar-refractivity contribution >= 4 is 25.2 Å². The fraction of sp³-hybridized carbons (Fsp3) is 0.583. The molecular weight excluding hydrogens is 380 g/mol. The van der Waals surface area contributed by atoms with E-state index in [2.05, 4.69) is 72.4 Å². The summed E-state index contributed by atoms with van der Waals surface area (Å²) in [5.74, 6) is -1.99. The van der Waals surface area contributed by atoms with Crippen molar-refractivity contribution in [1.29, 1.82) is 0 Å². The number of methoxy groups -OCH3 is 2. The van der Waals surface area contributed by atoms with Gasteiger partial charge in [0.05, 0.1) is 14.2 Å². The standard InChI is InChI=1S/C24H38O4Si/c1-10-18(16-17-20(21(25)27-8)22(26)28-9)29(23(2,3)4,24(5,6)7)19-14-12-11-13-15-19/h10-15,18,20H,1,16-17H2,2-9H3. The molecule has 1 atom stereocenters. The number of hydrogen-bond donors (Lipinski definition) is 0. The van der Waals surface area contributed by atoms with Crippen molar-refractivity contribution in [1.82, 2.24) is 0 Å². The largest absolute Gasteiger partial charge is 0.468 e. The van der Waals surface area contributed by atoms with E-state index in [9.17, 15) is 9.59 Å². The van der Waals surface area contributed by atoms with Crippen LogP contribution in [0.2, 0.25) is 15.6 Å². The lowest BCUT2D eigenvalue weighted by molar-refractivity contribution is -0.159. The Morgan fingerprint density at radius 2 is 1.38 bits per heavy atom. The van der Waals surface area contributed by atoms with Crippen LogP contribution in [0.25, 0.3) is 0 Å². The average molecular weight is 419 g/mol. The first kappa shape index (κ1) is 25.2. The highest BCUT2D eigenvalue weighted by Gasteiger charge is 2.57. The molecule has 0 heterocycles. The van der Waals surface area contributed by atoms with Crippen LogP contribution in [0.3, 0.4) is 0 Å². The minimum Gasteiger partial charge on any atom is -0.468 e. The van der Waals surface area contributed by atoms with Gasteiger partial charge in [0.2, 0.25) is 0 Å². The third-order valence-electron chi connectivity index (χ3n) is 6.17. The molecule has 1 aromatic carbocycles. The fourth-order valence-corrected chi connectivity index (χ4v) is 13.8. The summed E-state index contributed by atoms with van der Waals surface area (Å²) >= 11 is 0. The molecule has 0 radical (unpaired) electrons. The number of ether oxygens (including phenoxy) is 2. The quantitative estimate of drug-likeness (QED) is 0.251. The lowest BCUT2D eigenvalue weighted by atomic mass is 10.0. The summed E-state index contributed by atoms with van der Waals surface area (Å²) in [6, 6.07) is 10.7. The van der Waals surface area contributed by atoms with Gasteiger partial charge in [-0.05, 0) is 28.5 Å². The summed E-state index contributed by atoms with van der Waals surface area (Å²) in [6.45, 7) is 18.1. The highest BCUT2D eigenvalue weighted by molar-refractivity contribution is 6.97. The molecular formula is C24H38O4Si. The zero-order valence-corrected chi connectivity index (χ0v) is 20.4. The second kappa shape index (κ2) is 9.75. The molecule has 0 aliphatic carbocycles. The van der Waals surface area contributed by atoms with Crippen molar-refractivity contribution in [2.75, 3.05) is 14.2 Å². The lowest BCUT2D eigenvalue weighted by Crippen LogP contribution is -2.64. The average Bonchev–Trinajstić information content (AvgIpc) is 2.65. The minimum atomic E-state index is -2.28. The molecule has 0 aliphatic heterocycles. The third-order valence-corrected chi connectivity index (χ3v) is 13.8. The number of carbonyl (C=O) groups is 2. The molecule has 4 nitrogen and oxygen atoms in total. The first-order valence-corrected chi connectivity index (χ1v) is 12.3. The molecule has 0 aliphatic rings. The summed E-state index contributed by atoms with van der Waals surface area (Å²) in [6.07, 6.45) is 3.10. The number of carbonyl (C=O) groups excluding carboxylic acids is 2. The van der Waals surface area contributed by atoms with Gasteiger partial charge >= 0.3 is 11.9 Å². The molecule has 1 aromatic rings. The molecule has 0 spiro atoms. The van der Waals surface area contributed by atoms with E-state index in [1.165, 1.54) is 19.4 Å². The van der Waals surface area contributed by atoms with Crippen LogP contribution in [0.5, 0.6) is 0 Å². The van der Waals surface area contributed by atoms with Gasteiger partial charge in [-0.3, -0.25) is 9.59 Å². The van der Waals surface area contributed by atoms with E-state index in [1.807, 2.05) is 12.1 Å². The van der Waals surface area contributed by atoms with E-state index in [1.54, 1.807) is 0 Å². The van der Waals surface area contributed by atoms with Gasteiger partial charge in [0.1, 0.15) is 8.07 Å². The minimum absolute atomic E-state index is 0.0253. The summed E-state index contributed by atoms with van der Waals surface area (Å²) in [5, 5.41) is 1.42. The van der Waals surface area contributed by atoms with Crippen LogP contribution in [-0.2, 0) is 19.1 Å². The number of esters is 2. The van der Waals surface area contributed by atoms with Gasteiger partial charge in [-0.15, -0.1) is 6.58 Å². The van der Waals surface area contributed by atoms with Crippen LogP contribution in [-0.4, -0.2) is 34.2 Å². The molecule has 0 N–H and O–H groups in total. The van der Waals surface area contributed by atoms with Gasteiger partial charge < -0.3 is 9.47 Å². The van der Waals surface area contributed by atoms with E-state index >= 15 is 0 Å². The zero-order chi connectivity index (χ0) is 22.5. The predicted molar refractivity (Wildman–Crippen MR) is 122 cm³/mol. The SMILES string of the molecule is C=CC(CCC(C(=O)OC)C(=O)OC)[Si](c1ccccc1)(C(C)(C)C)C(C)(C)C. The number of allylic oxidation sites excluding steroid dienone is 1. The van der Waals surface area contributed by atoms with Crippen molar-refractivity contribution in [2.45, 2.75) is 70.0 Å².